The summed E-state index contributed by atoms with van der Waals surface area (Å²) in [7, 11) is 0. The van der Waals surface area contributed by atoms with Gasteiger partial charge in [-0.05, 0) is 25.2 Å². The third-order valence-corrected chi connectivity index (χ3v) is 2.46. The number of rotatable bonds is 1. The molecule has 1 saturated heterocycles. The fourth-order valence-corrected chi connectivity index (χ4v) is 1.55. The summed E-state index contributed by atoms with van der Waals surface area (Å²) in [6.07, 6.45) is 4.55. The molecule has 1 aliphatic heterocycles. The van der Waals surface area contributed by atoms with Crippen LogP contribution in [0.2, 0.25) is 0 Å². The van der Waals surface area contributed by atoms with Crippen LogP contribution in [0.25, 0.3) is 0 Å². The van der Waals surface area contributed by atoms with Gasteiger partial charge < -0.3 is 4.90 Å². The van der Waals surface area contributed by atoms with Gasteiger partial charge in [-0.2, -0.15) is 0 Å². The van der Waals surface area contributed by atoms with E-state index in [0.29, 0.717) is 0 Å². The number of carbonyl (C=O) groups is 1. The molecule has 0 aromatic rings. The maximum absolute atomic E-state index is 10.9. The van der Waals surface area contributed by atoms with Gasteiger partial charge in [0.1, 0.15) is 0 Å². The number of hydrogen-bond acceptors (Lipinski definition) is 1. The molecule has 1 heterocycles. The van der Waals surface area contributed by atoms with Gasteiger partial charge in [0.05, 0.1) is 0 Å². The monoisotopic (exact) mass is 154 g/mol. The SMILES string of the molecule is C[CH]C1CCN(C(C)=O)CC1. The van der Waals surface area contributed by atoms with E-state index in [1.165, 1.54) is 0 Å². The molecule has 1 amide bonds. The lowest BCUT2D eigenvalue weighted by atomic mass is 9.94. The molecule has 2 heteroatoms. The highest BCUT2D eigenvalue weighted by atomic mass is 16.2. The smallest absolute Gasteiger partial charge is 0.219 e. The Bertz CT molecular complexity index is 136. The first-order valence-electron chi connectivity index (χ1n) is 4.29. The predicted molar refractivity (Wildman–Crippen MR) is 45.0 cm³/mol. The minimum absolute atomic E-state index is 0.222. The molecule has 0 aromatic heterocycles. The van der Waals surface area contributed by atoms with Crippen LogP contribution in [0.1, 0.15) is 26.7 Å². The largest absolute Gasteiger partial charge is 0.343 e. The first kappa shape index (κ1) is 8.57. The summed E-state index contributed by atoms with van der Waals surface area (Å²) in [5, 5.41) is 0. The highest BCUT2D eigenvalue weighted by Gasteiger charge is 2.18. The topological polar surface area (TPSA) is 20.3 Å². The zero-order valence-corrected chi connectivity index (χ0v) is 7.34. The van der Waals surface area contributed by atoms with Gasteiger partial charge in [-0.15, -0.1) is 0 Å². The van der Waals surface area contributed by atoms with Crippen LogP contribution in [-0.2, 0) is 4.79 Å². The van der Waals surface area contributed by atoms with Crippen molar-refractivity contribution >= 4 is 5.91 Å². The van der Waals surface area contributed by atoms with Crippen molar-refractivity contribution in [3.05, 3.63) is 6.42 Å². The third-order valence-electron chi connectivity index (χ3n) is 2.46. The van der Waals surface area contributed by atoms with Crippen molar-refractivity contribution in [2.24, 2.45) is 5.92 Å². The second-order valence-electron chi connectivity index (χ2n) is 3.18. The second-order valence-corrected chi connectivity index (χ2v) is 3.18. The van der Waals surface area contributed by atoms with Crippen LogP contribution in [0, 0.1) is 12.3 Å². The van der Waals surface area contributed by atoms with Gasteiger partial charge in [-0.25, -0.2) is 0 Å². The molecule has 1 aliphatic rings. The third kappa shape index (κ3) is 2.21. The van der Waals surface area contributed by atoms with Gasteiger partial charge in [0.25, 0.3) is 0 Å². The van der Waals surface area contributed by atoms with Crippen molar-refractivity contribution in [3.8, 4) is 0 Å². The van der Waals surface area contributed by atoms with E-state index in [1.807, 2.05) is 4.90 Å². The van der Waals surface area contributed by atoms with Crippen LogP contribution >= 0.6 is 0 Å². The van der Waals surface area contributed by atoms with E-state index in [9.17, 15) is 4.79 Å². The van der Waals surface area contributed by atoms with Crippen LogP contribution in [-0.4, -0.2) is 23.9 Å². The Balaban J connectivity index is 2.30. The molecule has 0 atom stereocenters. The van der Waals surface area contributed by atoms with Crippen molar-refractivity contribution in [1.29, 1.82) is 0 Å². The summed E-state index contributed by atoms with van der Waals surface area (Å²) in [5.74, 6) is 0.963. The lowest BCUT2D eigenvalue weighted by Gasteiger charge is -2.30. The van der Waals surface area contributed by atoms with Gasteiger partial charge >= 0.3 is 0 Å². The first-order valence-corrected chi connectivity index (χ1v) is 4.29. The van der Waals surface area contributed by atoms with Crippen molar-refractivity contribution in [2.75, 3.05) is 13.1 Å². The summed E-state index contributed by atoms with van der Waals surface area (Å²) >= 11 is 0. The van der Waals surface area contributed by atoms with Gasteiger partial charge in [0.15, 0.2) is 0 Å². The summed E-state index contributed by atoms with van der Waals surface area (Å²) in [6, 6.07) is 0. The van der Waals surface area contributed by atoms with Crippen LogP contribution in [0.5, 0.6) is 0 Å². The van der Waals surface area contributed by atoms with E-state index in [1.54, 1.807) is 6.92 Å². The van der Waals surface area contributed by atoms with Crippen LogP contribution in [0.15, 0.2) is 0 Å². The Kier molecular flexibility index (Phi) is 2.92. The standard InChI is InChI=1S/C9H16NO/c1-3-9-4-6-10(7-5-9)8(2)11/h3,9H,4-7H2,1-2H3. The maximum atomic E-state index is 10.9. The number of nitrogens with zero attached hydrogens (tertiary/aromatic N) is 1. The summed E-state index contributed by atoms with van der Waals surface area (Å²) in [6.45, 7) is 5.65. The zero-order valence-electron chi connectivity index (χ0n) is 7.34. The maximum Gasteiger partial charge on any atom is 0.219 e. The number of likely N-dealkylation sites (tertiary alicyclic amines) is 1. The van der Waals surface area contributed by atoms with E-state index < -0.39 is 0 Å². The number of amides is 1. The van der Waals surface area contributed by atoms with Crippen molar-refractivity contribution < 1.29 is 4.79 Å². The Hall–Kier alpha value is -0.530. The van der Waals surface area contributed by atoms with Gasteiger partial charge in [-0.1, -0.05) is 6.92 Å². The van der Waals surface area contributed by atoms with E-state index in [0.717, 1.165) is 31.8 Å². The predicted octanol–water partition coefficient (Wildman–Crippen LogP) is 1.47. The van der Waals surface area contributed by atoms with E-state index >= 15 is 0 Å². The van der Waals surface area contributed by atoms with Crippen molar-refractivity contribution in [3.63, 3.8) is 0 Å². The molecular weight excluding hydrogens is 138 g/mol. The molecule has 0 N–H and O–H groups in total. The van der Waals surface area contributed by atoms with Gasteiger partial charge in [0, 0.05) is 20.0 Å². The lowest BCUT2D eigenvalue weighted by molar-refractivity contribution is -0.130. The first-order chi connectivity index (χ1) is 5.24. The van der Waals surface area contributed by atoms with Crippen molar-refractivity contribution in [2.45, 2.75) is 26.7 Å². The normalized spacial score (nSPS) is 20.4. The van der Waals surface area contributed by atoms with Gasteiger partial charge in [-0.3, -0.25) is 4.79 Å². The number of hydrogen-bond donors (Lipinski definition) is 0. The van der Waals surface area contributed by atoms with E-state index in [-0.39, 0.29) is 5.91 Å². The average molecular weight is 154 g/mol. The second kappa shape index (κ2) is 3.74. The molecule has 11 heavy (non-hydrogen) atoms. The molecule has 1 radical (unpaired) electrons. The molecule has 1 fully saturated rings. The molecule has 2 nitrogen and oxygen atoms in total. The van der Waals surface area contributed by atoms with Crippen LogP contribution in [0.4, 0.5) is 0 Å². The highest BCUT2D eigenvalue weighted by molar-refractivity contribution is 5.73. The van der Waals surface area contributed by atoms with E-state index in [2.05, 4.69) is 13.3 Å². The molecule has 0 unspecified atom stereocenters. The fraction of sp³-hybridized carbons (Fsp3) is 0.778. The Morgan fingerprint density at radius 2 is 2.00 bits per heavy atom. The molecule has 0 spiro atoms. The number of carbonyl (C=O) groups excluding carboxylic acids is 1. The summed E-state index contributed by atoms with van der Waals surface area (Å²) < 4.78 is 0. The molecule has 0 bridgehead atoms. The Morgan fingerprint density at radius 3 is 2.36 bits per heavy atom. The lowest BCUT2D eigenvalue weighted by Crippen LogP contribution is -2.36. The molecule has 63 valence electrons. The van der Waals surface area contributed by atoms with Crippen LogP contribution < -0.4 is 0 Å². The zero-order chi connectivity index (χ0) is 8.27. The highest BCUT2D eigenvalue weighted by Crippen LogP contribution is 2.18. The minimum Gasteiger partial charge on any atom is -0.343 e. The molecule has 0 saturated carbocycles. The molecule has 0 aliphatic carbocycles. The summed E-state index contributed by atoms with van der Waals surface area (Å²) in [5.41, 5.74) is 0. The molecule has 0 aromatic carbocycles. The average Bonchev–Trinajstić information content (AvgIpc) is 2.05. The Labute approximate surface area is 68.6 Å². The Morgan fingerprint density at radius 1 is 1.45 bits per heavy atom. The minimum atomic E-state index is 0.222. The van der Waals surface area contributed by atoms with E-state index in [4.69, 9.17) is 0 Å². The fourth-order valence-electron chi connectivity index (χ4n) is 1.55. The molecular formula is C9H16NO. The number of piperidine rings is 1. The summed E-state index contributed by atoms with van der Waals surface area (Å²) in [4.78, 5) is 12.8. The van der Waals surface area contributed by atoms with Crippen molar-refractivity contribution in [1.82, 2.24) is 4.90 Å². The van der Waals surface area contributed by atoms with Crippen LogP contribution in [0.3, 0.4) is 0 Å². The molecule has 1 rings (SSSR count). The quantitative estimate of drug-likeness (QED) is 0.560. The van der Waals surface area contributed by atoms with Gasteiger partial charge in [0.2, 0.25) is 5.91 Å².